The number of thioether (sulfide) groups is 1. The summed E-state index contributed by atoms with van der Waals surface area (Å²) in [5, 5.41) is 0. The fourth-order valence-electron chi connectivity index (χ4n) is 3.14. The van der Waals surface area contributed by atoms with E-state index in [0.717, 1.165) is 24.7 Å². The summed E-state index contributed by atoms with van der Waals surface area (Å²) in [7, 11) is 1.52. The van der Waals surface area contributed by atoms with E-state index in [9.17, 15) is 4.79 Å². The fraction of sp³-hybridized carbons (Fsp3) is 0.923. The molecule has 1 saturated heterocycles. The maximum absolute atomic E-state index is 11.7. The maximum atomic E-state index is 11.7. The van der Waals surface area contributed by atoms with E-state index in [1.165, 1.54) is 44.3 Å². The highest BCUT2D eigenvalue weighted by molar-refractivity contribution is 7.99. The van der Waals surface area contributed by atoms with Gasteiger partial charge in [-0.15, -0.1) is 0 Å². The van der Waals surface area contributed by atoms with Gasteiger partial charge >= 0.3 is 5.97 Å². The van der Waals surface area contributed by atoms with Gasteiger partial charge in [-0.25, -0.2) is 0 Å². The zero-order valence-electron chi connectivity index (χ0n) is 10.1. The van der Waals surface area contributed by atoms with Crippen LogP contribution in [0, 0.1) is 17.8 Å². The Morgan fingerprint density at radius 3 is 2.81 bits per heavy atom. The van der Waals surface area contributed by atoms with E-state index in [-0.39, 0.29) is 11.9 Å². The minimum absolute atomic E-state index is 0.0243. The monoisotopic (exact) mass is 242 g/mol. The molecule has 3 unspecified atom stereocenters. The molecule has 0 N–H and O–H groups in total. The number of esters is 1. The topological polar surface area (TPSA) is 26.3 Å². The van der Waals surface area contributed by atoms with Crippen LogP contribution in [0.5, 0.6) is 0 Å². The Balaban J connectivity index is 1.98. The molecule has 2 aliphatic rings. The van der Waals surface area contributed by atoms with Gasteiger partial charge in [0.25, 0.3) is 0 Å². The molecule has 0 amide bonds. The van der Waals surface area contributed by atoms with Crippen molar-refractivity contribution in [3.63, 3.8) is 0 Å². The third-order valence-corrected chi connectivity index (χ3v) is 5.32. The van der Waals surface area contributed by atoms with Gasteiger partial charge in [0.05, 0.1) is 13.0 Å². The summed E-state index contributed by atoms with van der Waals surface area (Å²) in [6.45, 7) is 0. The molecule has 0 aromatic heterocycles. The molecule has 0 bridgehead atoms. The average Bonchev–Trinajstić information content (AvgIpc) is 2.29. The Morgan fingerprint density at radius 2 is 2.00 bits per heavy atom. The number of methoxy groups -OCH3 is 1. The molecule has 3 heteroatoms. The van der Waals surface area contributed by atoms with Crippen LogP contribution in [0.4, 0.5) is 0 Å². The summed E-state index contributed by atoms with van der Waals surface area (Å²) in [4.78, 5) is 11.7. The van der Waals surface area contributed by atoms with Crippen LogP contribution in [0.15, 0.2) is 0 Å². The highest BCUT2D eigenvalue weighted by atomic mass is 32.2. The first kappa shape index (κ1) is 12.3. The van der Waals surface area contributed by atoms with Gasteiger partial charge in [0.2, 0.25) is 0 Å². The van der Waals surface area contributed by atoms with Gasteiger partial charge in [0, 0.05) is 0 Å². The molecule has 1 saturated carbocycles. The summed E-state index contributed by atoms with van der Waals surface area (Å²) in [5.41, 5.74) is 0. The second-order valence-corrected chi connectivity index (χ2v) is 6.27. The van der Waals surface area contributed by atoms with E-state index in [4.69, 9.17) is 4.74 Å². The van der Waals surface area contributed by atoms with Crippen LogP contribution in [-0.4, -0.2) is 24.6 Å². The Labute approximate surface area is 103 Å². The van der Waals surface area contributed by atoms with Crippen LogP contribution in [0.1, 0.15) is 38.5 Å². The highest BCUT2D eigenvalue weighted by Gasteiger charge is 2.32. The summed E-state index contributed by atoms with van der Waals surface area (Å²) in [5.74, 6) is 4.44. The van der Waals surface area contributed by atoms with E-state index in [1.54, 1.807) is 0 Å². The Hall–Kier alpha value is -0.180. The predicted octanol–water partition coefficient (Wildman–Crippen LogP) is 3.11. The maximum Gasteiger partial charge on any atom is 0.308 e. The van der Waals surface area contributed by atoms with Crippen molar-refractivity contribution in [2.24, 2.45) is 17.8 Å². The number of ether oxygens (including phenoxy) is 1. The van der Waals surface area contributed by atoms with E-state index in [2.05, 4.69) is 11.8 Å². The molecule has 0 radical (unpaired) electrons. The van der Waals surface area contributed by atoms with E-state index in [1.807, 2.05) is 0 Å². The summed E-state index contributed by atoms with van der Waals surface area (Å²) in [6.07, 6.45) is 7.38. The Bertz CT molecular complexity index is 242. The summed E-state index contributed by atoms with van der Waals surface area (Å²) >= 11 is 2.07. The van der Waals surface area contributed by atoms with Gasteiger partial charge < -0.3 is 4.74 Å². The molecule has 0 aromatic carbocycles. The van der Waals surface area contributed by atoms with E-state index in [0.29, 0.717) is 0 Å². The van der Waals surface area contributed by atoms with Crippen LogP contribution in [0.3, 0.4) is 0 Å². The number of carbonyl (C=O) groups is 1. The second kappa shape index (κ2) is 5.95. The number of fused-ring (bicyclic) bond motifs is 1. The lowest BCUT2D eigenvalue weighted by atomic mass is 9.77. The van der Waals surface area contributed by atoms with Crippen LogP contribution < -0.4 is 0 Å². The minimum atomic E-state index is 0.0243. The third-order valence-electron chi connectivity index (χ3n) is 4.13. The molecular formula is C13H22O2S. The van der Waals surface area contributed by atoms with E-state index >= 15 is 0 Å². The lowest BCUT2D eigenvalue weighted by molar-refractivity contribution is -0.146. The SMILES string of the molecule is COC(=O)C1CCCCC2CCSCC2C1. The second-order valence-electron chi connectivity index (χ2n) is 5.12. The zero-order chi connectivity index (χ0) is 11.4. The minimum Gasteiger partial charge on any atom is -0.469 e. The number of hydrogen-bond donors (Lipinski definition) is 0. The van der Waals surface area contributed by atoms with Crippen LogP contribution in [0.25, 0.3) is 0 Å². The quantitative estimate of drug-likeness (QED) is 0.661. The molecule has 92 valence electrons. The standard InChI is InChI=1S/C13H22O2S/c1-15-13(14)11-5-3-2-4-10-6-7-16-9-12(10)8-11/h10-12H,2-9H2,1H3. The molecule has 3 atom stereocenters. The lowest BCUT2D eigenvalue weighted by Crippen LogP contribution is -2.30. The third kappa shape index (κ3) is 2.93. The lowest BCUT2D eigenvalue weighted by Gasteiger charge is -2.35. The van der Waals surface area contributed by atoms with Crippen molar-refractivity contribution >= 4 is 17.7 Å². The van der Waals surface area contributed by atoms with Crippen LogP contribution >= 0.6 is 11.8 Å². The van der Waals surface area contributed by atoms with Crippen molar-refractivity contribution in [2.75, 3.05) is 18.6 Å². The largest absolute Gasteiger partial charge is 0.469 e. The van der Waals surface area contributed by atoms with Crippen molar-refractivity contribution in [3.8, 4) is 0 Å². The van der Waals surface area contributed by atoms with Crippen molar-refractivity contribution in [3.05, 3.63) is 0 Å². The molecule has 0 aromatic rings. The van der Waals surface area contributed by atoms with Gasteiger partial charge in [0.15, 0.2) is 0 Å². The van der Waals surface area contributed by atoms with Gasteiger partial charge in [-0.3, -0.25) is 4.79 Å². The van der Waals surface area contributed by atoms with Crippen molar-refractivity contribution in [1.82, 2.24) is 0 Å². The van der Waals surface area contributed by atoms with Gasteiger partial charge in [-0.05, 0) is 42.6 Å². The smallest absolute Gasteiger partial charge is 0.308 e. The first-order valence-corrected chi connectivity index (χ1v) is 7.62. The first-order chi connectivity index (χ1) is 7.81. The molecule has 1 aliphatic heterocycles. The number of hydrogen-bond acceptors (Lipinski definition) is 3. The molecule has 2 nitrogen and oxygen atoms in total. The number of rotatable bonds is 1. The molecule has 2 rings (SSSR count). The van der Waals surface area contributed by atoms with Crippen LogP contribution in [0.2, 0.25) is 0 Å². The molecule has 2 fully saturated rings. The van der Waals surface area contributed by atoms with Gasteiger partial charge in [0.1, 0.15) is 0 Å². The number of carbonyl (C=O) groups excluding carboxylic acids is 1. The first-order valence-electron chi connectivity index (χ1n) is 6.47. The fourth-order valence-corrected chi connectivity index (χ4v) is 4.49. The molecule has 0 spiro atoms. The van der Waals surface area contributed by atoms with Crippen LogP contribution in [-0.2, 0) is 9.53 Å². The molecule has 16 heavy (non-hydrogen) atoms. The predicted molar refractivity (Wildman–Crippen MR) is 67.5 cm³/mol. The molecule has 1 heterocycles. The van der Waals surface area contributed by atoms with Crippen molar-refractivity contribution in [1.29, 1.82) is 0 Å². The molecule has 1 aliphatic carbocycles. The van der Waals surface area contributed by atoms with Crippen molar-refractivity contribution in [2.45, 2.75) is 38.5 Å². The Morgan fingerprint density at radius 1 is 1.19 bits per heavy atom. The van der Waals surface area contributed by atoms with Crippen molar-refractivity contribution < 1.29 is 9.53 Å². The highest BCUT2D eigenvalue weighted by Crippen LogP contribution is 2.39. The Kier molecular flexibility index (Phi) is 4.56. The molecular weight excluding hydrogens is 220 g/mol. The summed E-state index contributed by atoms with van der Waals surface area (Å²) < 4.78 is 4.92. The zero-order valence-corrected chi connectivity index (χ0v) is 10.9. The average molecular weight is 242 g/mol. The van der Waals surface area contributed by atoms with Gasteiger partial charge in [-0.1, -0.05) is 19.3 Å². The van der Waals surface area contributed by atoms with Gasteiger partial charge in [-0.2, -0.15) is 11.8 Å². The normalized spacial score (nSPS) is 35.7. The van der Waals surface area contributed by atoms with E-state index < -0.39 is 0 Å². The summed E-state index contributed by atoms with van der Waals surface area (Å²) in [6, 6.07) is 0.